The molecule has 0 bridgehead atoms. The lowest BCUT2D eigenvalue weighted by Crippen LogP contribution is -1.96. The third-order valence-electron chi connectivity index (χ3n) is 3.00. The zero-order valence-corrected chi connectivity index (χ0v) is 12.1. The van der Waals surface area contributed by atoms with Gasteiger partial charge in [0.2, 0.25) is 0 Å². The molecule has 1 aromatic heterocycles. The van der Waals surface area contributed by atoms with Crippen LogP contribution in [0.4, 0.5) is 17.4 Å². The smallest absolute Gasteiger partial charge is 0.300 e. The third kappa shape index (κ3) is 2.53. The van der Waals surface area contributed by atoms with Crippen LogP contribution in [0.3, 0.4) is 0 Å². The molecule has 3 aromatic rings. The van der Waals surface area contributed by atoms with Crippen molar-refractivity contribution < 1.29 is 14.1 Å². The van der Waals surface area contributed by atoms with E-state index in [0.29, 0.717) is 27.6 Å². The van der Waals surface area contributed by atoms with E-state index in [0.717, 1.165) is 0 Å². The number of aromatic nitrogens is 1. The van der Waals surface area contributed by atoms with Crippen molar-refractivity contribution in [1.29, 1.82) is 0 Å². The largest absolute Gasteiger partial charge is 0.495 e. The number of nitrogens with one attached hydrogen (secondary N) is 1. The van der Waals surface area contributed by atoms with E-state index in [-0.39, 0.29) is 11.7 Å². The van der Waals surface area contributed by atoms with Crippen molar-refractivity contribution >= 4 is 40.1 Å². The van der Waals surface area contributed by atoms with E-state index in [2.05, 4.69) is 10.3 Å². The summed E-state index contributed by atoms with van der Waals surface area (Å²) in [5, 5.41) is 14.2. The third-order valence-corrected chi connectivity index (χ3v) is 3.30. The van der Waals surface area contributed by atoms with Gasteiger partial charge in [0.05, 0.1) is 22.7 Å². The minimum absolute atomic E-state index is 0.0718. The second kappa shape index (κ2) is 5.53. The molecule has 0 saturated carbocycles. The van der Waals surface area contributed by atoms with E-state index in [9.17, 15) is 10.1 Å². The van der Waals surface area contributed by atoms with E-state index in [1.807, 2.05) is 0 Å². The molecule has 22 heavy (non-hydrogen) atoms. The minimum atomic E-state index is -0.493. The normalized spacial score (nSPS) is 10.6. The summed E-state index contributed by atoms with van der Waals surface area (Å²) in [6.45, 7) is 0. The number of nitro groups is 1. The Bertz CT molecular complexity index is 862. The van der Waals surface area contributed by atoms with Gasteiger partial charge in [0, 0.05) is 12.1 Å². The number of rotatable bonds is 4. The van der Waals surface area contributed by atoms with Crippen molar-refractivity contribution in [2.75, 3.05) is 12.4 Å². The highest BCUT2D eigenvalue weighted by Gasteiger charge is 2.14. The first-order valence-electron chi connectivity index (χ1n) is 6.23. The van der Waals surface area contributed by atoms with E-state index in [1.165, 1.54) is 25.3 Å². The van der Waals surface area contributed by atoms with Crippen LogP contribution in [0, 0.1) is 10.1 Å². The SMILES string of the molecule is COc1ccc([N+](=O)[O-])cc1Nc1nc2cccc(Cl)c2o1. The van der Waals surface area contributed by atoms with Crippen molar-refractivity contribution in [3.05, 3.63) is 51.5 Å². The zero-order chi connectivity index (χ0) is 15.7. The standard InChI is InChI=1S/C14H10ClN3O4/c1-21-12-6-5-8(18(19)20)7-11(12)17-14-16-10-4-2-3-9(15)13(10)22-14/h2-7H,1H3,(H,16,17). The van der Waals surface area contributed by atoms with Crippen LogP contribution in [0.5, 0.6) is 5.75 Å². The molecule has 7 nitrogen and oxygen atoms in total. The van der Waals surface area contributed by atoms with Crippen molar-refractivity contribution in [3.63, 3.8) is 0 Å². The van der Waals surface area contributed by atoms with Gasteiger partial charge in [-0.3, -0.25) is 10.1 Å². The second-order valence-electron chi connectivity index (χ2n) is 4.37. The highest BCUT2D eigenvalue weighted by molar-refractivity contribution is 6.34. The van der Waals surface area contributed by atoms with Crippen LogP contribution >= 0.6 is 11.6 Å². The molecule has 0 fully saturated rings. The van der Waals surface area contributed by atoms with Gasteiger partial charge in [-0.2, -0.15) is 4.98 Å². The molecule has 0 aliphatic heterocycles. The maximum atomic E-state index is 10.9. The Hall–Kier alpha value is -2.80. The van der Waals surface area contributed by atoms with Gasteiger partial charge in [-0.1, -0.05) is 17.7 Å². The monoisotopic (exact) mass is 319 g/mol. The van der Waals surface area contributed by atoms with E-state index in [4.69, 9.17) is 20.8 Å². The van der Waals surface area contributed by atoms with Crippen molar-refractivity contribution in [2.45, 2.75) is 0 Å². The molecule has 0 aliphatic carbocycles. The van der Waals surface area contributed by atoms with E-state index >= 15 is 0 Å². The van der Waals surface area contributed by atoms with Crippen LogP contribution in [0.1, 0.15) is 0 Å². The predicted molar refractivity (Wildman–Crippen MR) is 82.0 cm³/mol. The van der Waals surface area contributed by atoms with Crippen LogP contribution in [-0.4, -0.2) is 17.0 Å². The molecule has 1 N–H and O–H groups in total. The summed E-state index contributed by atoms with van der Waals surface area (Å²) in [6.07, 6.45) is 0. The molecule has 0 radical (unpaired) electrons. The molecule has 112 valence electrons. The van der Waals surface area contributed by atoms with E-state index < -0.39 is 4.92 Å². The molecule has 8 heteroatoms. The molecule has 0 spiro atoms. The fourth-order valence-corrected chi connectivity index (χ4v) is 2.20. The van der Waals surface area contributed by atoms with E-state index in [1.54, 1.807) is 18.2 Å². The lowest BCUT2D eigenvalue weighted by Gasteiger charge is -2.07. The highest BCUT2D eigenvalue weighted by Crippen LogP contribution is 2.33. The Morgan fingerprint density at radius 2 is 2.18 bits per heavy atom. The highest BCUT2D eigenvalue weighted by atomic mass is 35.5. The van der Waals surface area contributed by atoms with Crippen LogP contribution < -0.4 is 10.1 Å². The Morgan fingerprint density at radius 3 is 2.86 bits per heavy atom. The van der Waals surface area contributed by atoms with Crippen LogP contribution in [-0.2, 0) is 0 Å². The first-order chi connectivity index (χ1) is 10.6. The first-order valence-corrected chi connectivity index (χ1v) is 6.61. The molecule has 0 saturated heterocycles. The van der Waals surface area contributed by atoms with Gasteiger partial charge < -0.3 is 14.5 Å². The number of fused-ring (bicyclic) bond motifs is 1. The van der Waals surface area contributed by atoms with Crippen molar-refractivity contribution in [2.24, 2.45) is 0 Å². The number of hydrogen-bond acceptors (Lipinski definition) is 6. The number of nitrogens with zero attached hydrogens (tertiary/aromatic N) is 2. The van der Waals surface area contributed by atoms with Crippen LogP contribution in [0.25, 0.3) is 11.1 Å². The minimum Gasteiger partial charge on any atom is -0.495 e. The fourth-order valence-electron chi connectivity index (χ4n) is 1.99. The lowest BCUT2D eigenvalue weighted by atomic mass is 10.2. The van der Waals surface area contributed by atoms with Gasteiger partial charge in [-0.05, 0) is 18.2 Å². The Kier molecular flexibility index (Phi) is 3.56. The van der Waals surface area contributed by atoms with Gasteiger partial charge in [-0.25, -0.2) is 0 Å². The number of benzene rings is 2. The topological polar surface area (TPSA) is 90.4 Å². The second-order valence-corrected chi connectivity index (χ2v) is 4.78. The summed E-state index contributed by atoms with van der Waals surface area (Å²) >= 11 is 6.02. The molecular weight excluding hydrogens is 310 g/mol. The number of anilines is 2. The number of para-hydroxylation sites is 1. The summed E-state index contributed by atoms with van der Waals surface area (Å²) in [5.74, 6) is 0.430. The molecule has 0 aliphatic rings. The summed E-state index contributed by atoms with van der Waals surface area (Å²) in [7, 11) is 1.47. The molecular formula is C14H10ClN3O4. The van der Waals surface area contributed by atoms with Crippen LogP contribution in [0.15, 0.2) is 40.8 Å². The molecule has 0 amide bonds. The summed E-state index contributed by atoms with van der Waals surface area (Å²) < 4.78 is 10.7. The van der Waals surface area contributed by atoms with Gasteiger partial charge in [0.1, 0.15) is 11.3 Å². The Balaban J connectivity index is 2.01. The predicted octanol–water partition coefficient (Wildman–Crippen LogP) is 4.14. The number of ether oxygens (including phenoxy) is 1. The van der Waals surface area contributed by atoms with Crippen LogP contribution in [0.2, 0.25) is 5.02 Å². The summed E-state index contributed by atoms with van der Waals surface area (Å²) in [6, 6.07) is 9.55. The molecule has 0 atom stereocenters. The van der Waals surface area contributed by atoms with Crippen molar-refractivity contribution in [3.8, 4) is 5.75 Å². The average molecular weight is 320 g/mol. The molecule has 2 aromatic carbocycles. The number of non-ortho nitro benzene ring substituents is 1. The molecule has 1 heterocycles. The summed E-state index contributed by atoms with van der Waals surface area (Å²) in [5.41, 5.74) is 1.33. The molecule has 0 unspecified atom stereocenters. The van der Waals surface area contributed by atoms with Gasteiger partial charge in [0.25, 0.3) is 11.7 Å². The average Bonchev–Trinajstić information content (AvgIpc) is 2.91. The number of hydrogen-bond donors (Lipinski definition) is 1. The maximum Gasteiger partial charge on any atom is 0.300 e. The maximum absolute atomic E-state index is 10.9. The van der Waals surface area contributed by atoms with Gasteiger partial charge in [0.15, 0.2) is 5.58 Å². The van der Waals surface area contributed by atoms with Gasteiger partial charge >= 0.3 is 0 Å². The van der Waals surface area contributed by atoms with Gasteiger partial charge in [-0.15, -0.1) is 0 Å². The van der Waals surface area contributed by atoms with Crippen molar-refractivity contribution in [1.82, 2.24) is 4.98 Å². The first kappa shape index (κ1) is 14.2. The Morgan fingerprint density at radius 1 is 1.36 bits per heavy atom. The number of methoxy groups -OCH3 is 1. The summed E-state index contributed by atoms with van der Waals surface area (Å²) in [4.78, 5) is 14.6. The number of halogens is 1. The lowest BCUT2D eigenvalue weighted by molar-refractivity contribution is -0.384. The molecule has 3 rings (SSSR count). The number of oxazole rings is 1. The quantitative estimate of drug-likeness (QED) is 0.574. The number of nitro benzene ring substituents is 1. The zero-order valence-electron chi connectivity index (χ0n) is 11.4. The Labute approximate surface area is 129 Å². The fraction of sp³-hybridized carbons (Fsp3) is 0.0714.